The molecule has 0 saturated carbocycles. The molecule has 4 aromatic rings. The Labute approximate surface area is 269 Å². The molecule has 46 heavy (non-hydrogen) atoms. The zero-order valence-electron chi connectivity index (χ0n) is 24.8. The lowest BCUT2D eigenvalue weighted by atomic mass is 10.1. The number of anilines is 1. The van der Waals surface area contributed by atoms with E-state index in [1.165, 1.54) is 43.6 Å². The largest absolute Gasteiger partial charge is 0.493 e. The van der Waals surface area contributed by atoms with Crippen LogP contribution in [0.5, 0.6) is 23.0 Å². The summed E-state index contributed by atoms with van der Waals surface area (Å²) >= 11 is 4.10. The Morgan fingerprint density at radius 3 is 2.61 bits per heavy atom. The molecular formula is C32H32F2N4O7S. The van der Waals surface area contributed by atoms with Crippen molar-refractivity contribution in [3.63, 3.8) is 0 Å². The van der Waals surface area contributed by atoms with Crippen LogP contribution in [0.25, 0.3) is 10.9 Å². The fraction of sp³-hybridized carbons (Fsp3) is 0.281. The molecule has 1 aromatic heterocycles. The molecule has 1 atom stereocenters. The number of rotatable bonds is 11. The summed E-state index contributed by atoms with van der Waals surface area (Å²) in [6, 6.07) is 13.1. The minimum absolute atomic E-state index is 0.0306. The summed E-state index contributed by atoms with van der Waals surface area (Å²) in [5.74, 6) is -1.13. The molecule has 0 spiro atoms. The first-order chi connectivity index (χ1) is 22.2. The van der Waals surface area contributed by atoms with Crippen LogP contribution in [-0.4, -0.2) is 79.6 Å². The van der Waals surface area contributed by atoms with Gasteiger partial charge in [-0.3, -0.25) is 20.0 Å². The number of morpholine rings is 1. The molecule has 1 saturated heterocycles. The number of imide groups is 1. The summed E-state index contributed by atoms with van der Waals surface area (Å²) in [6.45, 7) is 3.23. The van der Waals surface area contributed by atoms with Crippen LogP contribution < -0.4 is 23.8 Å². The maximum absolute atomic E-state index is 15.2. The Bertz CT molecular complexity index is 1710. The molecule has 5 rings (SSSR count). The van der Waals surface area contributed by atoms with E-state index in [-0.39, 0.29) is 30.2 Å². The number of thiol groups is 1. The molecule has 11 nitrogen and oxygen atoms in total. The number of aromatic nitrogens is 1. The van der Waals surface area contributed by atoms with Gasteiger partial charge >= 0.3 is 6.03 Å². The number of pyridine rings is 1. The summed E-state index contributed by atoms with van der Waals surface area (Å²) in [5, 5.41) is 13.1. The molecule has 1 aliphatic rings. The number of methoxy groups -OCH3 is 1. The first kappa shape index (κ1) is 32.9. The van der Waals surface area contributed by atoms with Crippen molar-refractivity contribution >= 4 is 41.3 Å². The first-order valence-electron chi connectivity index (χ1n) is 14.3. The van der Waals surface area contributed by atoms with E-state index in [0.717, 1.165) is 23.5 Å². The van der Waals surface area contributed by atoms with Crippen molar-refractivity contribution in [3.05, 3.63) is 84.1 Å². The highest BCUT2D eigenvalue weighted by atomic mass is 32.1. The zero-order chi connectivity index (χ0) is 32.6. The number of β-amino-alcohol motifs (C(OH)–C–C–N with tert-alkyl or cyclic N) is 1. The van der Waals surface area contributed by atoms with E-state index in [4.69, 9.17) is 18.9 Å². The van der Waals surface area contributed by atoms with Crippen molar-refractivity contribution < 1.29 is 42.4 Å². The quantitative estimate of drug-likeness (QED) is 0.201. The Kier molecular flexibility index (Phi) is 10.9. The molecule has 1 unspecified atom stereocenters. The number of carbonyl (C=O) groups excluding carboxylic acids is 2. The second-order valence-electron chi connectivity index (χ2n) is 10.4. The molecule has 0 aliphatic carbocycles. The number of nitrogens with zero attached hydrogens (tertiary/aromatic N) is 3. The van der Waals surface area contributed by atoms with Crippen LogP contribution in [0.15, 0.2) is 66.9 Å². The Morgan fingerprint density at radius 1 is 1.07 bits per heavy atom. The zero-order valence-corrected chi connectivity index (χ0v) is 25.7. The SMILES string of the molecule is COc1cc2c(Oc3ccc(N(S)C(=O)NC(=O)Cc4cccc(F)c4)cc3F)ccnc2cc1OCC(O)CN1CCOCC1. The maximum atomic E-state index is 15.2. The van der Waals surface area contributed by atoms with Gasteiger partial charge in [-0.15, -0.1) is 0 Å². The van der Waals surface area contributed by atoms with Crippen molar-refractivity contribution in [2.75, 3.05) is 50.9 Å². The van der Waals surface area contributed by atoms with Crippen LogP contribution in [0.4, 0.5) is 19.3 Å². The third-order valence-electron chi connectivity index (χ3n) is 7.06. The number of benzene rings is 3. The van der Waals surface area contributed by atoms with Crippen molar-refractivity contribution in [1.82, 2.24) is 15.2 Å². The minimum atomic E-state index is -0.920. The third kappa shape index (κ3) is 8.40. The molecule has 0 bridgehead atoms. The van der Waals surface area contributed by atoms with Crippen LogP contribution in [-0.2, 0) is 16.0 Å². The molecule has 2 N–H and O–H groups in total. The molecule has 1 aliphatic heterocycles. The van der Waals surface area contributed by atoms with E-state index in [9.17, 15) is 19.1 Å². The van der Waals surface area contributed by atoms with E-state index >= 15 is 4.39 Å². The number of urea groups is 1. The molecule has 3 amide bonds. The van der Waals surface area contributed by atoms with Crippen molar-refractivity contribution in [1.29, 1.82) is 0 Å². The summed E-state index contributed by atoms with van der Waals surface area (Å²) in [5.41, 5.74) is 0.893. The average molecular weight is 655 g/mol. The van der Waals surface area contributed by atoms with Gasteiger partial charge in [-0.05, 0) is 42.0 Å². The van der Waals surface area contributed by atoms with Crippen molar-refractivity contribution in [2.24, 2.45) is 0 Å². The predicted molar refractivity (Wildman–Crippen MR) is 169 cm³/mol. The number of hydrogen-bond donors (Lipinski definition) is 3. The van der Waals surface area contributed by atoms with Crippen molar-refractivity contribution in [2.45, 2.75) is 12.5 Å². The second kappa shape index (κ2) is 15.2. The van der Waals surface area contributed by atoms with E-state index in [1.807, 2.05) is 0 Å². The summed E-state index contributed by atoms with van der Waals surface area (Å²) in [4.78, 5) is 31.3. The minimum Gasteiger partial charge on any atom is -0.493 e. The molecule has 1 fully saturated rings. The number of nitrogens with one attached hydrogen (secondary N) is 1. The first-order valence-corrected chi connectivity index (χ1v) is 14.7. The van der Waals surface area contributed by atoms with E-state index in [0.29, 0.717) is 47.7 Å². The van der Waals surface area contributed by atoms with Crippen molar-refractivity contribution in [3.8, 4) is 23.0 Å². The third-order valence-corrected chi connectivity index (χ3v) is 7.48. The van der Waals surface area contributed by atoms with Gasteiger partial charge in [-0.1, -0.05) is 24.9 Å². The monoisotopic (exact) mass is 654 g/mol. The Hall–Kier alpha value is -4.50. The van der Waals surface area contributed by atoms with Crippen LogP contribution in [0.1, 0.15) is 5.56 Å². The number of ether oxygens (including phenoxy) is 4. The highest BCUT2D eigenvalue weighted by Gasteiger charge is 2.20. The van der Waals surface area contributed by atoms with Gasteiger partial charge in [0.05, 0.1) is 37.9 Å². The van der Waals surface area contributed by atoms with Gasteiger partial charge in [-0.2, -0.15) is 0 Å². The van der Waals surface area contributed by atoms with Gasteiger partial charge in [0.15, 0.2) is 23.1 Å². The van der Waals surface area contributed by atoms with Gasteiger partial charge in [0.1, 0.15) is 24.3 Å². The van der Waals surface area contributed by atoms with Gasteiger partial charge in [0, 0.05) is 43.4 Å². The fourth-order valence-corrected chi connectivity index (χ4v) is 4.97. The van der Waals surface area contributed by atoms with Crippen LogP contribution >= 0.6 is 12.8 Å². The number of hydrogen-bond acceptors (Lipinski definition) is 10. The van der Waals surface area contributed by atoms with Gasteiger partial charge in [0.2, 0.25) is 5.91 Å². The van der Waals surface area contributed by atoms with Gasteiger partial charge in [0.25, 0.3) is 0 Å². The standard InChI is InChI=1S/C32H32F2N4O7S/c1-42-29-16-24-26(17-30(29)44-19-23(39)18-37-9-11-43-12-10-37)35-8-7-27(24)45-28-6-5-22(15-25(28)34)38(46)32(41)36-31(40)14-20-3-2-4-21(33)13-20/h2-8,13,15-17,23,39,46H,9-12,14,18-19H2,1H3,(H,36,40,41). The molecule has 242 valence electrons. The lowest BCUT2D eigenvalue weighted by molar-refractivity contribution is -0.119. The highest BCUT2D eigenvalue weighted by molar-refractivity contribution is 7.82. The Balaban J connectivity index is 1.24. The summed E-state index contributed by atoms with van der Waals surface area (Å²) < 4.78 is 52.0. The van der Waals surface area contributed by atoms with Crippen LogP contribution in [0, 0.1) is 11.6 Å². The smallest absolute Gasteiger partial charge is 0.338 e. The number of fused-ring (bicyclic) bond motifs is 1. The van der Waals surface area contributed by atoms with E-state index in [2.05, 4.69) is 28.0 Å². The molecule has 3 aromatic carbocycles. The lowest BCUT2D eigenvalue weighted by Crippen LogP contribution is -2.42. The number of halogens is 2. The van der Waals surface area contributed by atoms with Crippen LogP contribution in [0.3, 0.4) is 0 Å². The van der Waals surface area contributed by atoms with Gasteiger partial charge < -0.3 is 24.1 Å². The summed E-state index contributed by atoms with van der Waals surface area (Å²) in [7, 11) is 1.47. The number of aliphatic hydroxyl groups excluding tert-OH is 1. The predicted octanol–water partition coefficient (Wildman–Crippen LogP) is 4.52. The molecule has 2 heterocycles. The molecule has 14 heteroatoms. The second-order valence-corrected chi connectivity index (χ2v) is 10.8. The Morgan fingerprint density at radius 2 is 1.87 bits per heavy atom. The number of aliphatic hydroxyl groups is 1. The topological polar surface area (TPSA) is 123 Å². The number of amides is 3. The molecular weight excluding hydrogens is 622 g/mol. The molecule has 0 radical (unpaired) electrons. The lowest BCUT2D eigenvalue weighted by Gasteiger charge is -2.28. The summed E-state index contributed by atoms with van der Waals surface area (Å²) in [6.07, 6.45) is 0.530. The van der Waals surface area contributed by atoms with E-state index < -0.39 is 29.7 Å². The number of carbonyl (C=O) groups is 2. The normalized spacial score (nSPS) is 14.0. The highest BCUT2D eigenvalue weighted by Crippen LogP contribution is 2.38. The maximum Gasteiger partial charge on any atom is 0.338 e. The van der Waals surface area contributed by atoms with E-state index in [1.54, 1.807) is 24.3 Å². The fourth-order valence-electron chi connectivity index (χ4n) is 4.80. The van der Waals surface area contributed by atoms with Crippen LogP contribution in [0.2, 0.25) is 0 Å². The van der Waals surface area contributed by atoms with Gasteiger partial charge in [-0.25, -0.2) is 17.9 Å². The average Bonchev–Trinajstić information content (AvgIpc) is 3.04.